The molecule has 0 radical (unpaired) electrons. The second-order valence-corrected chi connectivity index (χ2v) is 5.61. The van der Waals surface area contributed by atoms with Gasteiger partial charge in [-0.15, -0.1) is 0 Å². The van der Waals surface area contributed by atoms with Gasteiger partial charge in [0.2, 0.25) is 0 Å². The van der Waals surface area contributed by atoms with E-state index in [1.54, 1.807) is 31.3 Å². The Labute approximate surface area is 146 Å². The number of aromatic nitrogens is 2. The van der Waals surface area contributed by atoms with Gasteiger partial charge in [-0.2, -0.15) is 5.10 Å². The fourth-order valence-electron chi connectivity index (χ4n) is 2.38. The van der Waals surface area contributed by atoms with E-state index in [2.05, 4.69) is 10.4 Å². The second kappa shape index (κ2) is 9.17. The number of benzene rings is 1. The smallest absolute Gasteiger partial charge is 0.269 e. The van der Waals surface area contributed by atoms with Gasteiger partial charge in [0.1, 0.15) is 5.69 Å². The van der Waals surface area contributed by atoms with Gasteiger partial charge in [-0.3, -0.25) is 9.48 Å². The minimum absolute atomic E-state index is 0.0744. The summed E-state index contributed by atoms with van der Waals surface area (Å²) in [5.74, 6) is -0.578. The first-order chi connectivity index (χ1) is 12.0. The maximum Gasteiger partial charge on any atom is 0.269 e. The highest BCUT2D eigenvalue weighted by atomic mass is 19.1. The second-order valence-electron chi connectivity index (χ2n) is 5.61. The van der Waals surface area contributed by atoms with Crippen LogP contribution >= 0.6 is 0 Å². The van der Waals surface area contributed by atoms with E-state index in [0.29, 0.717) is 37.5 Å². The number of amides is 1. The van der Waals surface area contributed by atoms with E-state index in [9.17, 15) is 9.18 Å². The molecule has 1 aromatic carbocycles. The van der Waals surface area contributed by atoms with E-state index in [1.165, 1.54) is 4.68 Å². The molecule has 0 spiro atoms. The van der Waals surface area contributed by atoms with Crippen molar-refractivity contribution in [1.29, 1.82) is 0 Å². The van der Waals surface area contributed by atoms with Crippen LogP contribution in [0.25, 0.3) is 0 Å². The number of carbonyl (C=O) groups is 1. The van der Waals surface area contributed by atoms with Crippen LogP contribution in [0.1, 0.15) is 35.1 Å². The Morgan fingerprint density at radius 1 is 1.36 bits per heavy atom. The van der Waals surface area contributed by atoms with Gasteiger partial charge in [-0.25, -0.2) is 4.39 Å². The first-order valence-electron chi connectivity index (χ1n) is 8.29. The van der Waals surface area contributed by atoms with Crippen LogP contribution in [0, 0.1) is 12.7 Å². The molecule has 0 atom stereocenters. The molecule has 0 bridgehead atoms. The quantitative estimate of drug-likeness (QED) is 0.707. The fourth-order valence-corrected chi connectivity index (χ4v) is 2.38. The molecule has 0 saturated heterocycles. The van der Waals surface area contributed by atoms with Crippen LogP contribution in [0.3, 0.4) is 0 Å². The summed E-state index contributed by atoms with van der Waals surface area (Å²) in [6.45, 7) is 5.41. The van der Waals surface area contributed by atoms with E-state index in [0.717, 1.165) is 5.69 Å². The zero-order valence-corrected chi connectivity index (χ0v) is 14.8. The Kier molecular flexibility index (Phi) is 6.94. The van der Waals surface area contributed by atoms with E-state index in [4.69, 9.17) is 9.47 Å². The topological polar surface area (TPSA) is 65.4 Å². The van der Waals surface area contributed by atoms with E-state index < -0.39 is 5.82 Å². The first kappa shape index (κ1) is 18.9. The van der Waals surface area contributed by atoms with E-state index in [1.807, 2.05) is 13.8 Å². The number of nitrogens with one attached hydrogen (secondary N) is 1. The van der Waals surface area contributed by atoms with Crippen molar-refractivity contribution in [3.05, 3.63) is 47.0 Å². The number of ether oxygens (including phenoxy) is 2. The van der Waals surface area contributed by atoms with Gasteiger partial charge >= 0.3 is 0 Å². The molecule has 2 aromatic rings. The molecule has 0 fully saturated rings. The summed E-state index contributed by atoms with van der Waals surface area (Å²) in [4.78, 5) is 12.2. The van der Waals surface area contributed by atoms with Gasteiger partial charge in [0.05, 0.1) is 12.3 Å². The molecule has 1 N–H and O–H groups in total. The van der Waals surface area contributed by atoms with Crippen molar-refractivity contribution in [3.8, 4) is 5.75 Å². The predicted octanol–water partition coefficient (Wildman–Crippen LogP) is 2.60. The van der Waals surface area contributed by atoms with Gasteiger partial charge in [-0.05, 0) is 26.0 Å². The summed E-state index contributed by atoms with van der Waals surface area (Å²) in [5.41, 5.74) is 1.55. The molecule has 25 heavy (non-hydrogen) atoms. The van der Waals surface area contributed by atoms with Gasteiger partial charge in [0, 0.05) is 38.8 Å². The van der Waals surface area contributed by atoms with E-state index >= 15 is 0 Å². The summed E-state index contributed by atoms with van der Waals surface area (Å²) in [7, 11) is 1.69. The molecule has 0 unspecified atom stereocenters. The minimum Gasteiger partial charge on any atom is -0.490 e. The summed E-state index contributed by atoms with van der Waals surface area (Å²) < 4.78 is 26.6. The fraction of sp³-hybridized carbons (Fsp3) is 0.444. The molecule has 1 heterocycles. The van der Waals surface area contributed by atoms with Gasteiger partial charge in [0.25, 0.3) is 5.91 Å². The zero-order chi connectivity index (χ0) is 18.2. The molecule has 0 aliphatic carbocycles. The monoisotopic (exact) mass is 349 g/mol. The van der Waals surface area contributed by atoms with Crippen molar-refractivity contribution in [2.24, 2.45) is 7.05 Å². The zero-order valence-electron chi connectivity index (χ0n) is 14.8. The van der Waals surface area contributed by atoms with Crippen LogP contribution in [0.15, 0.2) is 24.3 Å². The number of hydrogen-bond acceptors (Lipinski definition) is 4. The lowest BCUT2D eigenvalue weighted by Crippen LogP contribution is -2.25. The van der Waals surface area contributed by atoms with Crippen molar-refractivity contribution >= 4 is 5.91 Å². The molecule has 6 nitrogen and oxygen atoms in total. The third-order valence-corrected chi connectivity index (χ3v) is 3.61. The summed E-state index contributed by atoms with van der Waals surface area (Å²) in [6, 6.07) is 6.59. The molecular formula is C18H24FN3O3. The minimum atomic E-state index is -0.458. The molecular weight excluding hydrogens is 325 g/mol. The first-order valence-corrected chi connectivity index (χ1v) is 8.29. The largest absolute Gasteiger partial charge is 0.490 e. The lowest BCUT2D eigenvalue weighted by molar-refractivity contribution is 0.0941. The van der Waals surface area contributed by atoms with Crippen molar-refractivity contribution in [2.45, 2.75) is 26.8 Å². The van der Waals surface area contributed by atoms with Crippen LogP contribution in [0.2, 0.25) is 0 Å². The maximum absolute atomic E-state index is 14.5. The highest BCUT2D eigenvalue weighted by Crippen LogP contribution is 2.20. The SMILES string of the molecule is CCOCCCOc1cccc(CNC(=O)c2cc(C)nn2C)c1F. The number of aryl methyl sites for hydroxylation is 2. The molecule has 0 saturated carbocycles. The van der Waals surface area contributed by atoms with Crippen molar-refractivity contribution in [1.82, 2.24) is 15.1 Å². The Morgan fingerprint density at radius 3 is 2.84 bits per heavy atom. The number of rotatable bonds is 9. The molecule has 1 amide bonds. The normalized spacial score (nSPS) is 10.7. The number of hydrogen-bond donors (Lipinski definition) is 1. The predicted molar refractivity (Wildman–Crippen MR) is 92.1 cm³/mol. The molecule has 136 valence electrons. The van der Waals surface area contributed by atoms with Gasteiger partial charge < -0.3 is 14.8 Å². The molecule has 0 aliphatic rings. The van der Waals surface area contributed by atoms with Crippen LogP contribution in [-0.2, 0) is 18.3 Å². The average molecular weight is 349 g/mol. The summed E-state index contributed by atoms with van der Waals surface area (Å²) in [6.07, 6.45) is 0.689. The van der Waals surface area contributed by atoms with Crippen molar-refractivity contribution < 1.29 is 18.7 Å². The molecule has 0 aliphatic heterocycles. The highest BCUT2D eigenvalue weighted by Gasteiger charge is 2.14. The number of nitrogens with zero attached hydrogens (tertiary/aromatic N) is 2. The summed E-state index contributed by atoms with van der Waals surface area (Å²) >= 11 is 0. The van der Waals surface area contributed by atoms with Gasteiger partial charge in [0.15, 0.2) is 11.6 Å². The molecule has 7 heteroatoms. The summed E-state index contributed by atoms with van der Waals surface area (Å²) in [5, 5.41) is 6.83. The average Bonchev–Trinajstić information content (AvgIpc) is 2.93. The Hall–Kier alpha value is -2.41. The molecule has 2 rings (SSSR count). The highest BCUT2D eigenvalue weighted by molar-refractivity contribution is 5.92. The number of carbonyl (C=O) groups excluding carboxylic acids is 1. The Morgan fingerprint density at radius 2 is 2.16 bits per heavy atom. The standard InChI is InChI=1S/C18H24FN3O3/c1-4-24-9-6-10-25-16-8-5-7-14(17(16)19)12-20-18(23)15-11-13(2)21-22(15)3/h5,7-8,11H,4,6,9-10,12H2,1-3H3,(H,20,23). The third kappa shape index (κ3) is 5.29. The third-order valence-electron chi connectivity index (χ3n) is 3.61. The Bertz CT molecular complexity index is 716. The Balaban J connectivity index is 1.92. The van der Waals surface area contributed by atoms with Crippen molar-refractivity contribution in [2.75, 3.05) is 19.8 Å². The lowest BCUT2D eigenvalue weighted by Gasteiger charge is -2.11. The van der Waals surface area contributed by atoms with Crippen LogP contribution in [0.5, 0.6) is 5.75 Å². The molecule has 1 aromatic heterocycles. The number of halogens is 1. The van der Waals surface area contributed by atoms with Crippen LogP contribution in [-0.4, -0.2) is 35.5 Å². The maximum atomic E-state index is 14.5. The van der Waals surface area contributed by atoms with Crippen LogP contribution in [0.4, 0.5) is 4.39 Å². The lowest BCUT2D eigenvalue weighted by atomic mass is 10.2. The van der Waals surface area contributed by atoms with Crippen LogP contribution < -0.4 is 10.1 Å². The van der Waals surface area contributed by atoms with Crippen molar-refractivity contribution in [3.63, 3.8) is 0 Å². The van der Waals surface area contributed by atoms with E-state index in [-0.39, 0.29) is 18.2 Å². The van der Waals surface area contributed by atoms with Gasteiger partial charge in [-0.1, -0.05) is 12.1 Å².